The zero-order chi connectivity index (χ0) is 24.0. The van der Waals surface area contributed by atoms with E-state index in [9.17, 15) is 9.59 Å². The van der Waals surface area contributed by atoms with Crippen molar-refractivity contribution in [1.82, 2.24) is 4.68 Å². The number of hydrogen-bond acceptors (Lipinski definition) is 6. The normalized spacial score (nSPS) is 16.8. The van der Waals surface area contributed by atoms with Crippen LogP contribution in [-0.4, -0.2) is 40.9 Å². The predicted octanol–water partition coefficient (Wildman–Crippen LogP) is 3.86. The lowest BCUT2D eigenvalue weighted by molar-refractivity contribution is -0.118. The Balaban J connectivity index is 1.69. The Morgan fingerprint density at radius 3 is 2.65 bits per heavy atom. The molecule has 0 bridgehead atoms. The average Bonchev–Trinajstić information content (AvgIpc) is 3.31. The summed E-state index contributed by atoms with van der Waals surface area (Å²) in [6.45, 7) is 7.98. The van der Waals surface area contributed by atoms with E-state index in [0.29, 0.717) is 21.9 Å². The summed E-state index contributed by atoms with van der Waals surface area (Å²) in [5, 5.41) is 9.68. The highest BCUT2D eigenvalue weighted by Gasteiger charge is 2.35. The number of thiazole rings is 1. The van der Waals surface area contributed by atoms with E-state index in [4.69, 9.17) is 14.8 Å². The highest BCUT2D eigenvalue weighted by molar-refractivity contribution is 7.07. The number of fused-ring (bicyclic) bond motifs is 2. The third-order valence-electron chi connectivity index (χ3n) is 5.52. The Hall–Kier alpha value is -3.72. The van der Waals surface area contributed by atoms with Crippen molar-refractivity contribution < 1.29 is 14.3 Å². The fourth-order valence-corrected chi connectivity index (χ4v) is 5.04. The van der Waals surface area contributed by atoms with Crippen LogP contribution in [0.4, 0.5) is 11.4 Å². The molecule has 0 spiro atoms. The van der Waals surface area contributed by atoms with Gasteiger partial charge in [0.2, 0.25) is 4.80 Å². The summed E-state index contributed by atoms with van der Waals surface area (Å²) < 4.78 is 7.23. The number of carbonyl (C=O) groups excluding carboxylic acids is 2. The van der Waals surface area contributed by atoms with Gasteiger partial charge in [0, 0.05) is 28.6 Å². The smallest absolute Gasteiger partial charge is 0.279 e. The molecule has 34 heavy (non-hydrogen) atoms. The second-order valence-corrected chi connectivity index (χ2v) is 9.56. The van der Waals surface area contributed by atoms with Crippen LogP contribution < -0.4 is 19.8 Å². The summed E-state index contributed by atoms with van der Waals surface area (Å²) in [6.07, 6.45) is 0. The van der Waals surface area contributed by atoms with Crippen molar-refractivity contribution in [3.8, 4) is 17.0 Å². The molecule has 3 aromatic rings. The van der Waals surface area contributed by atoms with E-state index >= 15 is 0 Å². The first-order valence-electron chi connectivity index (χ1n) is 11.2. The number of carbonyl (C=O) groups is 2. The number of ether oxygens (including phenoxy) is 1. The van der Waals surface area contributed by atoms with Crippen LogP contribution in [0.2, 0.25) is 0 Å². The van der Waals surface area contributed by atoms with Crippen molar-refractivity contribution in [1.29, 1.82) is 0 Å². The van der Waals surface area contributed by atoms with Crippen molar-refractivity contribution in [3.63, 3.8) is 0 Å². The van der Waals surface area contributed by atoms with Crippen LogP contribution in [0.1, 0.15) is 33.3 Å². The molecule has 5 rings (SSSR count). The quantitative estimate of drug-likeness (QED) is 0.621. The molecule has 2 aliphatic heterocycles. The van der Waals surface area contributed by atoms with Crippen molar-refractivity contribution in [3.05, 3.63) is 58.2 Å². The fraction of sp³-hybridized carbons (Fsp3) is 0.280. The van der Waals surface area contributed by atoms with Gasteiger partial charge in [0.25, 0.3) is 11.8 Å². The number of aromatic nitrogens is 1. The van der Waals surface area contributed by atoms with E-state index in [1.165, 1.54) is 11.3 Å². The van der Waals surface area contributed by atoms with Gasteiger partial charge in [0.1, 0.15) is 5.75 Å². The van der Waals surface area contributed by atoms with E-state index < -0.39 is 0 Å². The molecule has 2 aliphatic rings. The first kappa shape index (κ1) is 22.1. The molecule has 9 heteroatoms. The molecule has 3 heterocycles. The Kier molecular flexibility index (Phi) is 5.57. The molecule has 0 fully saturated rings. The summed E-state index contributed by atoms with van der Waals surface area (Å²) >= 11 is 1.46. The second kappa shape index (κ2) is 8.57. The molecular weight excluding hydrogens is 450 g/mol. The van der Waals surface area contributed by atoms with Crippen molar-refractivity contribution in [2.75, 3.05) is 16.8 Å². The molecule has 0 radical (unpaired) electrons. The molecule has 2 amide bonds. The molecule has 174 valence electrons. The lowest BCUT2D eigenvalue weighted by atomic mass is 10.1. The largest absolute Gasteiger partial charge is 0.482 e. The lowest BCUT2D eigenvalue weighted by Crippen LogP contribution is -2.36. The zero-order valence-corrected chi connectivity index (χ0v) is 20.2. The van der Waals surface area contributed by atoms with Crippen LogP contribution in [0.5, 0.6) is 5.75 Å². The first-order chi connectivity index (χ1) is 16.3. The third-order valence-corrected chi connectivity index (χ3v) is 6.35. The Bertz CT molecular complexity index is 1400. The molecule has 0 saturated heterocycles. The number of amides is 2. The molecule has 2 aromatic carbocycles. The van der Waals surface area contributed by atoms with Gasteiger partial charge in [0.05, 0.1) is 17.1 Å². The number of anilines is 2. The van der Waals surface area contributed by atoms with Gasteiger partial charge >= 0.3 is 0 Å². The Morgan fingerprint density at radius 2 is 1.88 bits per heavy atom. The topological polar surface area (TPSA) is 88.3 Å². The average molecular weight is 476 g/mol. The highest BCUT2D eigenvalue weighted by Crippen LogP contribution is 2.34. The van der Waals surface area contributed by atoms with Gasteiger partial charge in [0.15, 0.2) is 12.3 Å². The SMILES string of the molecule is CC(C)N=c1scc(-c2ccc3c(c2)NC(=O)CO3)n1N=C1C(=O)N(C(C)C)c2ccccc21. The second-order valence-electron chi connectivity index (χ2n) is 8.72. The van der Waals surface area contributed by atoms with Gasteiger partial charge < -0.3 is 15.0 Å². The minimum atomic E-state index is -0.194. The number of nitrogens with zero attached hydrogens (tertiary/aromatic N) is 4. The Labute approximate surface area is 201 Å². The van der Waals surface area contributed by atoms with E-state index in [-0.39, 0.29) is 30.5 Å². The van der Waals surface area contributed by atoms with Crippen LogP contribution in [-0.2, 0) is 9.59 Å². The lowest BCUT2D eigenvalue weighted by Gasteiger charge is -2.21. The summed E-state index contributed by atoms with van der Waals surface area (Å²) in [5.41, 5.74) is 4.24. The standard InChI is InChI=1S/C25H25N5O3S/c1-14(2)26-25-30(28-23-17-7-5-6-8-19(17)29(15(3)4)24(23)32)20(13-34-25)16-9-10-21-18(11-16)27-22(31)12-33-21/h5-11,13-15H,12H2,1-4H3,(H,27,31). The Morgan fingerprint density at radius 1 is 1.09 bits per heavy atom. The number of benzene rings is 2. The maximum absolute atomic E-state index is 13.4. The minimum Gasteiger partial charge on any atom is -0.482 e. The van der Waals surface area contributed by atoms with Crippen molar-refractivity contribution in [2.24, 2.45) is 10.1 Å². The molecule has 0 unspecified atom stereocenters. The zero-order valence-electron chi connectivity index (χ0n) is 19.4. The van der Waals surface area contributed by atoms with Gasteiger partial charge in [-0.3, -0.25) is 14.6 Å². The molecule has 1 N–H and O–H groups in total. The number of nitrogens with one attached hydrogen (secondary N) is 1. The highest BCUT2D eigenvalue weighted by atomic mass is 32.1. The van der Waals surface area contributed by atoms with Crippen LogP contribution in [0.15, 0.2) is 57.9 Å². The minimum absolute atomic E-state index is 0.00243. The summed E-state index contributed by atoms with van der Waals surface area (Å²) in [6, 6.07) is 13.4. The molecule has 1 aromatic heterocycles. The van der Waals surface area contributed by atoms with Crippen LogP contribution in [0, 0.1) is 0 Å². The van der Waals surface area contributed by atoms with Crippen LogP contribution in [0.25, 0.3) is 11.3 Å². The molecular formula is C25H25N5O3S. The van der Waals surface area contributed by atoms with Crippen LogP contribution in [0.3, 0.4) is 0 Å². The van der Waals surface area contributed by atoms with Crippen LogP contribution >= 0.6 is 11.3 Å². The van der Waals surface area contributed by atoms with Gasteiger partial charge in [-0.1, -0.05) is 18.2 Å². The number of hydrogen-bond donors (Lipinski definition) is 1. The predicted molar refractivity (Wildman–Crippen MR) is 134 cm³/mol. The van der Waals surface area contributed by atoms with Gasteiger partial charge in [-0.15, -0.1) is 11.3 Å². The van der Waals surface area contributed by atoms with Gasteiger partial charge in [-0.05, 0) is 52.0 Å². The van der Waals surface area contributed by atoms with Gasteiger partial charge in [-0.25, -0.2) is 4.68 Å². The molecule has 0 atom stereocenters. The first-order valence-corrected chi connectivity index (χ1v) is 12.0. The monoisotopic (exact) mass is 475 g/mol. The number of rotatable bonds is 4. The van der Waals surface area contributed by atoms with Crippen molar-refractivity contribution in [2.45, 2.75) is 39.8 Å². The fourth-order valence-electron chi connectivity index (χ4n) is 4.08. The maximum atomic E-state index is 13.4. The van der Waals surface area contributed by atoms with E-state index in [0.717, 1.165) is 22.5 Å². The maximum Gasteiger partial charge on any atom is 0.279 e. The molecule has 8 nitrogen and oxygen atoms in total. The van der Waals surface area contributed by atoms with E-state index in [1.54, 1.807) is 9.58 Å². The van der Waals surface area contributed by atoms with E-state index in [1.807, 2.05) is 75.5 Å². The van der Waals surface area contributed by atoms with Crippen molar-refractivity contribution >= 4 is 40.2 Å². The molecule has 0 saturated carbocycles. The summed E-state index contributed by atoms with van der Waals surface area (Å²) in [7, 11) is 0. The number of para-hydroxylation sites is 1. The van der Waals surface area contributed by atoms with E-state index in [2.05, 4.69) is 5.32 Å². The summed E-state index contributed by atoms with van der Waals surface area (Å²) in [4.78, 5) is 32.4. The summed E-state index contributed by atoms with van der Waals surface area (Å²) in [5.74, 6) is 0.291. The molecule has 0 aliphatic carbocycles. The third kappa shape index (κ3) is 3.81. The van der Waals surface area contributed by atoms with Gasteiger partial charge in [-0.2, -0.15) is 5.10 Å².